The number of nitrogens with one attached hydrogen (secondary N) is 1. The first-order valence-corrected chi connectivity index (χ1v) is 15.4. The van der Waals surface area contributed by atoms with Gasteiger partial charge in [-0.1, -0.05) is 47.1 Å². The van der Waals surface area contributed by atoms with Crippen molar-refractivity contribution >= 4 is 43.5 Å². The second kappa shape index (κ2) is 14.4. The molecule has 0 bridgehead atoms. The number of rotatable bonds is 13. The molecular weight excluding hydrogens is 610 g/mol. The molecule has 3 rings (SSSR count). The maximum absolute atomic E-state index is 14.0. The lowest BCUT2D eigenvalue weighted by Crippen LogP contribution is -2.52. The third-order valence-electron chi connectivity index (χ3n) is 6.71. The van der Waals surface area contributed by atoms with Crippen LogP contribution in [0.2, 0.25) is 0 Å². The van der Waals surface area contributed by atoms with Gasteiger partial charge in [0.15, 0.2) is 0 Å². The molecule has 41 heavy (non-hydrogen) atoms. The summed E-state index contributed by atoms with van der Waals surface area (Å²) in [4.78, 5) is 28.6. The minimum atomic E-state index is -4.24. The Bertz CT molecular complexity index is 1430. The Morgan fingerprint density at radius 1 is 0.927 bits per heavy atom. The highest BCUT2D eigenvalue weighted by atomic mass is 79.9. The van der Waals surface area contributed by atoms with Gasteiger partial charge in [-0.05, 0) is 74.4 Å². The minimum absolute atomic E-state index is 0.0287. The summed E-state index contributed by atoms with van der Waals surface area (Å²) >= 11 is 3.42. The van der Waals surface area contributed by atoms with Gasteiger partial charge in [0.05, 0.1) is 24.8 Å². The Labute approximate surface area is 250 Å². The van der Waals surface area contributed by atoms with Gasteiger partial charge in [-0.25, -0.2) is 8.42 Å². The van der Waals surface area contributed by atoms with Gasteiger partial charge in [-0.3, -0.25) is 13.9 Å². The molecule has 0 fully saturated rings. The average Bonchev–Trinajstić information content (AvgIpc) is 2.98. The molecule has 0 saturated heterocycles. The topological polar surface area (TPSA) is 105 Å². The van der Waals surface area contributed by atoms with Crippen molar-refractivity contribution < 1.29 is 27.5 Å². The summed E-state index contributed by atoms with van der Waals surface area (Å²) in [6.07, 6.45) is 0.723. The number of hydrogen-bond acceptors (Lipinski definition) is 6. The van der Waals surface area contributed by atoms with Crippen LogP contribution in [0.25, 0.3) is 0 Å². The Balaban J connectivity index is 2.06. The van der Waals surface area contributed by atoms with Crippen molar-refractivity contribution in [2.45, 2.75) is 50.7 Å². The van der Waals surface area contributed by atoms with Crippen molar-refractivity contribution in [2.24, 2.45) is 0 Å². The molecule has 0 aliphatic heterocycles. The van der Waals surface area contributed by atoms with Gasteiger partial charge in [-0.2, -0.15) is 0 Å². The van der Waals surface area contributed by atoms with Crippen molar-refractivity contribution in [3.05, 3.63) is 82.8 Å². The predicted molar refractivity (Wildman–Crippen MR) is 163 cm³/mol. The second-order valence-electron chi connectivity index (χ2n) is 9.50. The first-order valence-electron chi connectivity index (χ1n) is 13.2. The van der Waals surface area contributed by atoms with Crippen molar-refractivity contribution in [1.29, 1.82) is 0 Å². The molecule has 1 N–H and O–H groups in total. The van der Waals surface area contributed by atoms with E-state index in [4.69, 9.17) is 9.47 Å². The highest BCUT2D eigenvalue weighted by Crippen LogP contribution is 2.33. The summed E-state index contributed by atoms with van der Waals surface area (Å²) in [5, 5.41) is 2.93. The van der Waals surface area contributed by atoms with E-state index in [0.717, 1.165) is 20.8 Å². The van der Waals surface area contributed by atoms with Crippen LogP contribution in [-0.2, 0) is 26.2 Å². The summed E-state index contributed by atoms with van der Waals surface area (Å²) in [5.41, 5.74) is 0.978. The number of para-hydroxylation sites is 2. The molecule has 0 aliphatic carbocycles. The quantitative estimate of drug-likeness (QED) is 0.281. The Morgan fingerprint density at radius 2 is 1.56 bits per heavy atom. The van der Waals surface area contributed by atoms with Crippen LogP contribution in [0.3, 0.4) is 0 Å². The Kier molecular flexibility index (Phi) is 11.2. The normalized spacial score (nSPS) is 12.6. The zero-order chi connectivity index (χ0) is 30.2. The van der Waals surface area contributed by atoms with E-state index in [1.807, 2.05) is 38.1 Å². The van der Waals surface area contributed by atoms with E-state index in [1.165, 1.54) is 43.4 Å². The van der Waals surface area contributed by atoms with Crippen LogP contribution in [0, 0.1) is 0 Å². The van der Waals surface area contributed by atoms with Crippen LogP contribution in [-0.4, -0.2) is 58.0 Å². The molecule has 0 unspecified atom stereocenters. The van der Waals surface area contributed by atoms with Crippen LogP contribution in [0.5, 0.6) is 11.5 Å². The minimum Gasteiger partial charge on any atom is -0.497 e. The summed E-state index contributed by atoms with van der Waals surface area (Å²) < 4.78 is 40.6. The number of benzene rings is 3. The monoisotopic (exact) mass is 645 g/mol. The number of nitrogens with zero attached hydrogens (tertiary/aromatic N) is 2. The molecule has 0 heterocycles. The molecule has 0 aliphatic rings. The fourth-order valence-electron chi connectivity index (χ4n) is 4.06. The number of hydrogen-bond donors (Lipinski definition) is 1. The standard InChI is InChI=1S/C30H36BrN3O6S/c1-6-21(2)32-30(36)22(3)33(19-23-11-13-24(31)14-12-23)29(35)20-34(27-9-7-8-10-28(27)40-5)41(37,38)26-17-15-25(39-4)16-18-26/h7-18,21-22H,6,19-20H2,1-5H3,(H,32,36)/t21-,22+/m1/s1. The summed E-state index contributed by atoms with van der Waals surface area (Å²) in [6.45, 7) is 5.02. The molecule has 0 aromatic heterocycles. The van der Waals surface area contributed by atoms with Gasteiger partial charge >= 0.3 is 0 Å². The van der Waals surface area contributed by atoms with Crippen LogP contribution in [0.4, 0.5) is 5.69 Å². The summed E-state index contributed by atoms with van der Waals surface area (Å²) in [6, 6.07) is 18.9. The van der Waals surface area contributed by atoms with Gasteiger partial charge in [0.25, 0.3) is 10.0 Å². The Hall–Kier alpha value is -3.57. The van der Waals surface area contributed by atoms with Gasteiger partial charge in [0, 0.05) is 17.1 Å². The molecule has 2 amide bonds. The van der Waals surface area contributed by atoms with E-state index in [-0.39, 0.29) is 34.8 Å². The fraction of sp³-hybridized carbons (Fsp3) is 0.333. The van der Waals surface area contributed by atoms with E-state index >= 15 is 0 Å². The number of carbonyl (C=O) groups is 2. The molecule has 0 saturated carbocycles. The largest absolute Gasteiger partial charge is 0.497 e. The van der Waals surface area contributed by atoms with E-state index in [9.17, 15) is 18.0 Å². The smallest absolute Gasteiger partial charge is 0.264 e. The van der Waals surface area contributed by atoms with Crippen molar-refractivity contribution in [2.75, 3.05) is 25.1 Å². The molecule has 3 aromatic rings. The first kappa shape index (κ1) is 32.0. The van der Waals surface area contributed by atoms with E-state index in [0.29, 0.717) is 5.75 Å². The zero-order valence-electron chi connectivity index (χ0n) is 23.8. The number of carbonyl (C=O) groups excluding carboxylic acids is 2. The highest BCUT2D eigenvalue weighted by Gasteiger charge is 2.34. The van der Waals surface area contributed by atoms with E-state index in [2.05, 4.69) is 21.2 Å². The number of anilines is 1. The molecule has 2 atom stereocenters. The van der Waals surface area contributed by atoms with Gasteiger partial charge in [-0.15, -0.1) is 0 Å². The second-order valence-corrected chi connectivity index (χ2v) is 12.3. The lowest BCUT2D eigenvalue weighted by Gasteiger charge is -2.32. The molecule has 3 aromatic carbocycles. The van der Waals surface area contributed by atoms with Crippen LogP contribution >= 0.6 is 15.9 Å². The third-order valence-corrected chi connectivity index (χ3v) is 9.02. The number of ether oxygens (including phenoxy) is 2. The molecule has 0 radical (unpaired) electrons. The van der Waals surface area contributed by atoms with Crippen LogP contribution in [0.15, 0.2) is 82.2 Å². The van der Waals surface area contributed by atoms with E-state index < -0.39 is 28.5 Å². The number of amides is 2. The van der Waals surface area contributed by atoms with Crippen molar-refractivity contribution in [3.8, 4) is 11.5 Å². The maximum atomic E-state index is 14.0. The molecule has 0 spiro atoms. The first-order chi connectivity index (χ1) is 19.5. The molecule has 11 heteroatoms. The number of methoxy groups -OCH3 is 2. The maximum Gasteiger partial charge on any atom is 0.264 e. The lowest BCUT2D eigenvalue weighted by atomic mass is 10.1. The van der Waals surface area contributed by atoms with Gasteiger partial charge in [0.2, 0.25) is 11.8 Å². The van der Waals surface area contributed by atoms with Gasteiger partial charge in [0.1, 0.15) is 24.1 Å². The molecule has 9 nitrogen and oxygen atoms in total. The summed E-state index contributed by atoms with van der Waals surface area (Å²) in [7, 11) is -1.33. The van der Waals surface area contributed by atoms with Crippen molar-refractivity contribution in [1.82, 2.24) is 10.2 Å². The van der Waals surface area contributed by atoms with Gasteiger partial charge < -0.3 is 19.7 Å². The summed E-state index contributed by atoms with van der Waals surface area (Å²) in [5.74, 6) is -0.112. The SMILES string of the molecule is CC[C@@H](C)NC(=O)[C@H](C)N(Cc1ccc(Br)cc1)C(=O)CN(c1ccccc1OC)S(=O)(=O)c1ccc(OC)cc1. The molecule has 220 valence electrons. The predicted octanol–water partition coefficient (Wildman–Crippen LogP) is 4.99. The number of sulfonamides is 1. The van der Waals surface area contributed by atoms with Crippen molar-refractivity contribution in [3.63, 3.8) is 0 Å². The highest BCUT2D eigenvalue weighted by molar-refractivity contribution is 9.10. The average molecular weight is 647 g/mol. The van der Waals surface area contributed by atoms with Crippen LogP contribution < -0.4 is 19.1 Å². The Morgan fingerprint density at radius 3 is 2.15 bits per heavy atom. The number of halogens is 1. The zero-order valence-corrected chi connectivity index (χ0v) is 26.2. The van der Waals surface area contributed by atoms with Crippen LogP contribution in [0.1, 0.15) is 32.8 Å². The fourth-order valence-corrected chi connectivity index (χ4v) is 5.75. The lowest BCUT2D eigenvalue weighted by molar-refractivity contribution is -0.139. The van der Waals surface area contributed by atoms with E-state index in [1.54, 1.807) is 31.2 Å². The third kappa shape index (κ3) is 8.01. The molecular formula is C30H36BrN3O6S.